The lowest BCUT2D eigenvalue weighted by Crippen LogP contribution is -2.20. The average Bonchev–Trinajstić information content (AvgIpc) is 2.70. The van der Waals surface area contributed by atoms with Gasteiger partial charge in [-0.1, -0.05) is 33.6 Å². The summed E-state index contributed by atoms with van der Waals surface area (Å²) in [4.78, 5) is 12.2. The third-order valence-electron chi connectivity index (χ3n) is 4.26. The van der Waals surface area contributed by atoms with Crippen LogP contribution in [-0.2, 0) is 14.8 Å². The number of anilines is 2. The second-order valence-corrected chi connectivity index (χ2v) is 9.34. The summed E-state index contributed by atoms with van der Waals surface area (Å²) in [6.07, 6.45) is 0. The number of amides is 1. The lowest BCUT2D eigenvalue weighted by Gasteiger charge is -2.11. The van der Waals surface area contributed by atoms with E-state index in [0.29, 0.717) is 11.4 Å². The highest BCUT2D eigenvalue weighted by atomic mass is 79.9. The molecule has 2 N–H and O–H groups in total. The molecule has 3 aromatic carbocycles. The molecule has 0 aromatic heterocycles. The molecule has 0 saturated heterocycles. The molecule has 0 aliphatic heterocycles. The van der Waals surface area contributed by atoms with Crippen LogP contribution in [0.1, 0.15) is 11.1 Å². The Morgan fingerprint density at radius 2 is 1.63 bits per heavy atom. The Kier molecular flexibility index (Phi) is 6.79. The zero-order valence-corrected chi connectivity index (χ0v) is 18.9. The molecule has 0 atom stereocenters. The third-order valence-corrected chi connectivity index (χ3v) is 6.18. The minimum Gasteiger partial charge on any atom is -0.484 e. The van der Waals surface area contributed by atoms with Crippen LogP contribution in [0.25, 0.3) is 0 Å². The molecule has 0 aliphatic carbocycles. The highest BCUT2D eigenvalue weighted by Gasteiger charge is 2.14. The number of benzene rings is 3. The van der Waals surface area contributed by atoms with E-state index in [2.05, 4.69) is 26.0 Å². The summed E-state index contributed by atoms with van der Waals surface area (Å²) in [5.74, 6) is 0.101. The molecule has 0 unspecified atom stereocenters. The van der Waals surface area contributed by atoms with Gasteiger partial charge in [0.05, 0.1) is 4.90 Å². The van der Waals surface area contributed by atoms with Gasteiger partial charge in [-0.3, -0.25) is 9.52 Å². The molecule has 8 heteroatoms. The van der Waals surface area contributed by atoms with E-state index < -0.39 is 10.0 Å². The van der Waals surface area contributed by atoms with Gasteiger partial charge in [0.2, 0.25) is 0 Å². The fraction of sp³-hybridized carbons (Fsp3) is 0.136. The van der Waals surface area contributed by atoms with Crippen LogP contribution >= 0.6 is 15.9 Å². The molecule has 156 valence electrons. The first-order chi connectivity index (χ1) is 14.2. The number of sulfonamides is 1. The van der Waals surface area contributed by atoms with Crippen molar-refractivity contribution in [1.29, 1.82) is 0 Å². The van der Waals surface area contributed by atoms with Crippen LogP contribution in [0, 0.1) is 13.8 Å². The molecule has 0 bridgehead atoms. The average molecular weight is 489 g/mol. The smallest absolute Gasteiger partial charge is 0.262 e. The van der Waals surface area contributed by atoms with Gasteiger partial charge in [0.15, 0.2) is 6.61 Å². The van der Waals surface area contributed by atoms with Crippen molar-refractivity contribution in [3.63, 3.8) is 0 Å². The van der Waals surface area contributed by atoms with Crippen molar-refractivity contribution in [2.45, 2.75) is 18.7 Å². The van der Waals surface area contributed by atoms with Crippen LogP contribution < -0.4 is 14.8 Å². The molecular weight excluding hydrogens is 468 g/mol. The van der Waals surface area contributed by atoms with Crippen LogP contribution in [0.5, 0.6) is 5.75 Å². The number of carbonyl (C=O) groups is 1. The Bertz CT molecular complexity index is 1140. The SMILES string of the molecule is Cc1ccc(NC(=O)COc2ccc(S(=O)(=O)Nc3ccc(Br)cc3)cc2)c(C)c1. The lowest BCUT2D eigenvalue weighted by atomic mass is 10.1. The van der Waals surface area contributed by atoms with E-state index in [1.54, 1.807) is 24.3 Å². The highest BCUT2D eigenvalue weighted by Crippen LogP contribution is 2.21. The standard InChI is InChI=1S/C22H21BrN2O4S/c1-15-3-12-21(16(2)13-15)24-22(26)14-29-19-8-10-20(11-9-19)30(27,28)25-18-6-4-17(23)5-7-18/h3-13,25H,14H2,1-2H3,(H,24,26). The van der Waals surface area contributed by atoms with Gasteiger partial charge in [0.1, 0.15) is 5.75 Å². The predicted molar refractivity (Wildman–Crippen MR) is 121 cm³/mol. The Morgan fingerprint density at radius 1 is 0.967 bits per heavy atom. The second kappa shape index (κ2) is 9.32. The first-order valence-electron chi connectivity index (χ1n) is 9.11. The maximum Gasteiger partial charge on any atom is 0.262 e. The molecule has 0 saturated carbocycles. The number of ether oxygens (including phenoxy) is 1. The Morgan fingerprint density at radius 3 is 2.27 bits per heavy atom. The fourth-order valence-electron chi connectivity index (χ4n) is 2.74. The first-order valence-corrected chi connectivity index (χ1v) is 11.4. The summed E-state index contributed by atoms with van der Waals surface area (Å²) < 4.78 is 33.8. The van der Waals surface area contributed by atoms with Gasteiger partial charge in [-0.05, 0) is 74.0 Å². The van der Waals surface area contributed by atoms with E-state index in [9.17, 15) is 13.2 Å². The van der Waals surface area contributed by atoms with Gasteiger partial charge < -0.3 is 10.1 Å². The van der Waals surface area contributed by atoms with E-state index in [0.717, 1.165) is 21.3 Å². The van der Waals surface area contributed by atoms with Gasteiger partial charge in [0.25, 0.3) is 15.9 Å². The summed E-state index contributed by atoms with van der Waals surface area (Å²) >= 11 is 3.31. The summed E-state index contributed by atoms with van der Waals surface area (Å²) in [6, 6.07) is 18.5. The molecule has 0 aliphatic rings. The Labute approximate surface area is 184 Å². The first kappa shape index (κ1) is 21.9. The van der Waals surface area contributed by atoms with Gasteiger partial charge in [-0.25, -0.2) is 8.42 Å². The van der Waals surface area contributed by atoms with E-state index in [1.165, 1.54) is 24.3 Å². The van der Waals surface area contributed by atoms with Crippen molar-refractivity contribution in [3.8, 4) is 5.75 Å². The van der Waals surface area contributed by atoms with Crippen LogP contribution in [0.4, 0.5) is 11.4 Å². The number of hydrogen-bond donors (Lipinski definition) is 2. The van der Waals surface area contributed by atoms with Crippen molar-refractivity contribution < 1.29 is 17.9 Å². The van der Waals surface area contributed by atoms with E-state index >= 15 is 0 Å². The van der Waals surface area contributed by atoms with Crippen molar-refractivity contribution in [2.75, 3.05) is 16.6 Å². The monoisotopic (exact) mass is 488 g/mol. The molecule has 30 heavy (non-hydrogen) atoms. The number of halogens is 1. The molecule has 3 aromatic rings. The Hall–Kier alpha value is -2.84. The summed E-state index contributed by atoms with van der Waals surface area (Å²) in [5.41, 5.74) is 3.28. The van der Waals surface area contributed by atoms with E-state index in [1.807, 2.05) is 32.0 Å². The van der Waals surface area contributed by atoms with Crippen molar-refractivity contribution in [1.82, 2.24) is 0 Å². The normalized spacial score (nSPS) is 11.0. The van der Waals surface area contributed by atoms with Crippen molar-refractivity contribution in [2.24, 2.45) is 0 Å². The molecule has 0 radical (unpaired) electrons. The zero-order valence-electron chi connectivity index (χ0n) is 16.5. The second-order valence-electron chi connectivity index (χ2n) is 6.74. The minimum absolute atomic E-state index is 0.0949. The van der Waals surface area contributed by atoms with Crippen molar-refractivity contribution >= 4 is 43.2 Å². The predicted octanol–water partition coefficient (Wildman–Crippen LogP) is 4.88. The van der Waals surface area contributed by atoms with E-state index in [-0.39, 0.29) is 17.4 Å². The molecular formula is C22H21BrN2O4S. The summed E-state index contributed by atoms with van der Waals surface area (Å²) in [7, 11) is -3.72. The Balaban J connectivity index is 1.58. The van der Waals surface area contributed by atoms with Gasteiger partial charge >= 0.3 is 0 Å². The molecule has 1 amide bonds. The topological polar surface area (TPSA) is 84.5 Å². The molecule has 0 fully saturated rings. The van der Waals surface area contributed by atoms with Crippen LogP contribution in [0.15, 0.2) is 76.1 Å². The maximum atomic E-state index is 12.5. The number of rotatable bonds is 7. The van der Waals surface area contributed by atoms with Crippen molar-refractivity contribution in [3.05, 3.63) is 82.3 Å². The summed E-state index contributed by atoms with van der Waals surface area (Å²) in [6.45, 7) is 3.72. The number of aryl methyl sites for hydroxylation is 2. The third kappa shape index (κ3) is 5.84. The number of nitrogens with one attached hydrogen (secondary N) is 2. The number of carbonyl (C=O) groups excluding carboxylic acids is 1. The van der Waals surface area contributed by atoms with Crippen LogP contribution in [-0.4, -0.2) is 20.9 Å². The van der Waals surface area contributed by atoms with Gasteiger partial charge in [-0.2, -0.15) is 0 Å². The maximum absolute atomic E-state index is 12.5. The summed E-state index contributed by atoms with van der Waals surface area (Å²) in [5, 5.41) is 2.80. The van der Waals surface area contributed by atoms with Gasteiger partial charge in [-0.15, -0.1) is 0 Å². The zero-order chi connectivity index (χ0) is 21.7. The lowest BCUT2D eigenvalue weighted by molar-refractivity contribution is -0.118. The molecule has 3 rings (SSSR count). The fourth-order valence-corrected chi connectivity index (χ4v) is 4.06. The molecule has 0 heterocycles. The van der Waals surface area contributed by atoms with Gasteiger partial charge in [0, 0.05) is 15.8 Å². The van der Waals surface area contributed by atoms with Crippen LogP contribution in [0.2, 0.25) is 0 Å². The molecule has 6 nitrogen and oxygen atoms in total. The van der Waals surface area contributed by atoms with E-state index in [4.69, 9.17) is 4.74 Å². The molecule has 0 spiro atoms. The number of hydrogen-bond acceptors (Lipinski definition) is 4. The highest BCUT2D eigenvalue weighted by molar-refractivity contribution is 9.10. The minimum atomic E-state index is -3.72. The quantitative estimate of drug-likeness (QED) is 0.495. The largest absolute Gasteiger partial charge is 0.484 e. The van der Waals surface area contributed by atoms with Crippen LogP contribution in [0.3, 0.4) is 0 Å².